The number of allylic oxidation sites excluding steroid dienone is 34. The average molecular weight is 1260 g/mol. The molecule has 2 unspecified atom stereocenters. The lowest BCUT2D eigenvalue weighted by Gasteiger charge is -2.28. The van der Waals surface area contributed by atoms with Gasteiger partial charge in [0.15, 0.2) is 6.10 Å². The molecule has 0 aliphatic heterocycles. The molecule has 0 N–H and O–H groups in total. The topological polar surface area (TPSA) is 111 Å². The number of nitrogens with zero attached hydrogens (tertiary/aromatic N) is 1. The summed E-state index contributed by atoms with van der Waals surface area (Å²) in [5.41, 5.74) is 0. The van der Waals surface area contributed by atoms with Crippen LogP contribution in [0.1, 0.15) is 232 Å². The minimum absolute atomic E-state index is 0.0515. The van der Waals surface area contributed by atoms with Crippen LogP contribution in [0.25, 0.3) is 0 Å². The summed E-state index contributed by atoms with van der Waals surface area (Å²) in [5.74, 6) is -0.904. The molecule has 9 nitrogen and oxygen atoms in total. The standard InChI is InChI=1S/C80H126NO8P/c1-6-8-10-12-14-16-18-20-22-24-26-28-30-32-34-35-36-37-38-39-40-41-42-43-44-45-47-49-51-53-55-57-59-61-63-65-67-69-71-73-80(83)89-78(77-88-90(84,85)87-75-74-81(3,4)5)76-86-79(82)72-70-68-66-64-62-60-58-56-54-52-50-48-46-33-31-29-27-25-23-21-19-17-15-13-11-9-7-2/h8-11,14-17,20-23,26-29,32-34,36-37,39-40,42-43,45-47,51,53,57,59,63,65,78H,6-7,12-13,18-19,24-25,30-31,35,38,41,44,48-50,52,54-56,58,60-62,64,66-77H2,1-5H3/b10-8-,11-9-,16-14-,17-15-,22-20-,23-21-,28-26-,29-27-,34-32-,37-36-,40-39-,43-42-,46-33-,47-45-,53-51-,59-57-,65-63-. The number of hydrogen-bond donors (Lipinski definition) is 0. The largest absolute Gasteiger partial charge is 0.756 e. The van der Waals surface area contributed by atoms with E-state index in [1.807, 2.05) is 21.1 Å². The van der Waals surface area contributed by atoms with Crippen LogP contribution < -0.4 is 4.89 Å². The molecule has 0 amide bonds. The van der Waals surface area contributed by atoms with Gasteiger partial charge in [0.2, 0.25) is 0 Å². The quantitative estimate of drug-likeness (QED) is 0.0195. The zero-order chi connectivity index (χ0) is 65.5. The minimum Gasteiger partial charge on any atom is -0.756 e. The lowest BCUT2D eigenvalue weighted by atomic mass is 10.0. The van der Waals surface area contributed by atoms with E-state index in [0.29, 0.717) is 23.9 Å². The van der Waals surface area contributed by atoms with E-state index in [1.165, 1.54) is 44.9 Å². The van der Waals surface area contributed by atoms with Crippen molar-refractivity contribution in [3.05, 3.63) is 207 Å². The Hall–Kier alpha value is -5.41. The van der Waals surface area contributed by atoms with Gasteiger partial charge >= 0.3 is 11.9 Å². The maximum Gasteiger partial charge on any atom is 0.306 e. The van der Waals surface area contributed by atoms with Crippen molar-refractivity contribution in [1.82, 2.24) is 0 Å². The van der Waals surface area contributed by atoms with Gasteiger partial charge in [-0.05, 0) is 148 Å². The van der Waals surface area contributed by atoms with Gasteiger partial charge in [-0.3, -0.25) is 14.2 Å². The third-order valence-corrected chi connectivity index (χ3v) is 14.8. The number of carbonyl (C=O) groups excluding carboxylic acids is 2. The molecular formula is C80H126NO8P. The van der Waals surface area contributed by atoms with Gasteiger partial charge in [-0.1, -0.05) is 278 Å². The van der Waals surface area contributed by atoms with Gasteiger partial charge in [0.05, 0.1) is 27.7 Å². The third kappa shape index (κ3) is 71.7. The molecule has 0 saturated carbocycles. The van der Waals surface area contributed by atoms with Crippen LogP contribution in [0.5, 0.6) is 0 Å². The molecule has 0 aromatic rings. The fraction of sp³-hybridized carbons (Fsp3) is 0.550. The van der Waals surface area contributed by atoms with E-state index in [9.17, 15) is 19.0 Å². The first-order valence-corrected chi connectivity index (χ1v) is 36.3. The second-order valence-corrected chi connectivity index (χ2v) is 24.8. The molecule has 0 heterocycles. The molecule has 2 atom stereocenters. The summed E-state index contributed by atoms with van der Waals surface area (Å²) in [7, 11) is 1.11. The first-order chi connectivity index (χ1) is 44.0. The fourth-order valence-corrected chi connectivity index (χ4v) is 9.27. The van der Waals surface area contributed by atoms with Crippen LogP contribution >= 0.6 is 7.82 Å². The van der Waals surface area contributed by atoms with Crippen LogP contribution in [0.2, 0.25) is 0 Å². The zero-order valence-corrected chi connectivity index (χ0v) is 58.1. The molecule has 0 fully saturated rings. The summed E-state index contributed by atoms with van der Waals surface area (Å²) >= 11 is 0. The lowest BCUT2D eigenvalue weighted by molar-refractivity contribution is -0.870. The Kier molecular flexibility index (Phi) is 63.9. The predicted molar refractivity (Wildman–Crippen MR) is 387 cm³/mol. The highest BCUT2D eigenvalue weighted by molar-refractivity contribution is 7.45. The Morgan fingerprint density at radius 3 is 0.911 bits per heavy atom. The minimum atomic E-state index is -4.67. The van der Waals surface area contributed by atoms with Crippen molar-refractivity contribution in [2.45, 2.75) is 238 Å². The number of phosphoric acid groups is 1. The van der Waals surface area contributed by atoms with Crippen molar-refractivity contribution in [2.75, 3.05) is 47.5 Å². The van der Waals surface area contributed by atoms with E-state index in [0.717, 1.165) is 148 Å². The van der Waals surface area contributed by atoms with Crippen molar-refractivity contribution in [2.24, 2.45) is 0 Å². The highest BCUT2D eigenvalue weighted by Gasteiger charge is 2.22. The SMILES string of the molecule is CC/C=C\C/C=C\C/C=C\C/C=C\C/C=C\C/C=C\C/C=C\C/C=C\C/C=C\C/C=C\C/C=C\C/C=C\CCCCC(=O)OC(COC(=O)CCCCCCCCCCCCC/C=C\C/C=C\C/C=C\C/C=C\C/C=C\CC)COP(=O)([O-])OCC[N+](C)(C)C. The van der Waals surface area contributed by atoms with Gasteiger partial charge in [0, 0.05) is 12.8 Å². The second kappa shape index (κ2) is 68.0. The monoisotopic (exact) mass is 1260 g/mol. The van der Waals surface area contributed by atoms with Crippen LogP contribution in [-0.4, -0.2) is 70.0 Å². The molecule has 90 heavy (non-hydrogen) atoms. The molecule has 0 rings (SSSR count). The van der Waals surface area contributed by atoms with Crippen LogP contribution in [0.15, 0.2) is 207 Å². The van der Waals surface area contributed by atoms with Gasteiger partial charge in [-0.15, -0.1) is 0 Å². The molecule has 0 aromatic carbocycles. The molecule has 0 aliphatic carbocycles. The number of unbranched alkanes of at least 4 members (excludes halogenated alkanes) is 13. The van der Waals surface area contributed by atoms with E-state index >= 15 is 0 Å². The van der Waals surface area contributed by atoms with Crippen LogP contribution in [-0.2, 0) is 32.7 Å². The molecule has 504 valence electrons. The Morgan fingerprint density at radius 1 is 0.344 bits per heavy atom. The number of ether oxygens (including phenoxy) is 2. The summed E-state index contributed by atoms with van der Waals surface area (Å²) in [6.45, 7) is 3.93. The van der Waals surface area contributed by atoms with Gasteiger partial charge in [-0.2, -0.15) is 0 Å². The summed E-state index contributed by atoms with van der Waals surface area (Å²) in [6.07, 6.45) is 108. The average Bonchev–Trinajstić information content (AvgIpc) is 3.58. The van der Waals surface area contributed by atoms with Crippen LogP contribution in [0.4, 0.5) is 0 Å². The highest BCUT2D eigenvalue weighted by atomic mass is 31.2. The Labute approximate surface area is 551 Å². The maximum absolute atomic E-state index is 12.8. The first-order valence-electron chi connectivity index (χ1n) is 34.8. The molecular weight excluding hydrogens is 1130 g/mol. The maximum atomic E-state index is 12.8. The summed E-state index contributed by atoms with van der Waals surface area (Å²) < 4.78 is 34.2. The van der Waals surface area contributed by atoms with E-state index in [1.54, 1.807) is 0 Å². The first kappa shape index (κ1) is 84.6. The number of rotatable bonds is 61. The Balaban J connectivity index is 4.24. The number of phosphoric ester groups is 1. The van der Waals surface area contributed by atoms with Crippen molar-refractivity contribution in [1.29, 1.82) is 0 Å². The third-order valence-electron chi connectivity index (χ3n) is 13.8. The van der Waals surface area contributed by atoms with E-state index in [-0.39, 0.29) is 26.1 Å². The van der Waals surface area contributed by atoms with Crippen molar-refractivity contribution in [3.63, 3.8) is 0 Å². The van der Waals surface area contributed by atoms with Gasteiger partial charge in [0.1, 0.15) is 19.8 Å². The Morgan fingerprint density at radius 2 is 0.600 bits per heavy atom. The number of esters is 2. The van der Waals surface area contributed by atoms with E-state index < -0.39 is 32.5 Å². The van der Waals surface area contributed by atoms with Crippen LogP contribution in [0.3, 0.4) is 0 Å². The number of likely N-dealkylation sites (N-methyl/N-ethyl adjacent to an activating group) is 1. The summed E-state index contributed by atoms with van der Waals surface area (Å²) in [6, 6.07) is 0. The normalized spacial score (nSPS) is 14.4. The number of quaternary nitrogens is 1. The van der Waals surface area contributed by atoms with Crippen molar-refractivity contribution < 1.29 is 42.1 Å². The second-order valence-electron chi connectivity index (χ2n) is 23.4. The fourth-order valence-electron chi connectivity index (χ4n) is 8.55. The molecule has 0 aromatic heterocycles. The molecule has 10 heteroatoms. The Bertz CT molecular complexity index is 2270. The van der Waals surface area contributed by atoms with Gasteiger partial charge in [0.25, 0.3) is 7.82 Å². The summed E-state index contributed by atoms with van der Waals surface area (Å²) in [5, 5.41) is 0. The zero-order valence-electron chi connectivity index (χ0n) is 57.2. The molecule has 0 radical (unpaired) electrons. The van der Waals surface area contributed by atoms with E-state index in [4.69, 9.17) is 18.5 Å². The molecule has 0 bridgehead atoms. The van der Waals surface area contributed by atoms with Crippen molar-refractivity contribution in [3.8, 4) is 0 Å². The number of carbonyl (C=O) groups is 2. The summed E-state index contributed by atoms with van der Waals surface area (Å²) in [4.78, 5) is 38.0. The van der Waals surface area contributed by atoms with Crippen LogP contribution in [0, 0.1) is 0 Å². The molecule has 0 spiro atoms. The predicted octanol–water partition coefficient (Wildman–Crippen LogP) is 22.4. The lowest BCUT2D eigenvalue weighted by Crippen LogP contribution is -2.37. The smallest absolute Gasteiger partial charge is 0.306 e. The molecule has 0 saturated heterocycles. The van der Waals surface area contributed by atoms with Crippen molar-refractivity contribution >= 4 is 19.8 Å². The van der Waals surface area contributed by atoms with Gasteiger partial charge in [-0.25, -0.2) is 0 Å². The highest BCUT2D eigenvalue weighted by Crippen LogP contribution is 2.38. The molecule has 0 aliphatic rings. The van der Waals surface area contributed by atoms with E-state index in [2.05, 4.69) is 220 Å². The number of hydrogen-bond acceptors (Lipinski definition) is 8. The van der Waals surface area contributed by atoms with Gasteiger partial charge < -0.3 is 27.9 Å².